The smallest absolute Gasteiger partial charge is 0.252 e. The first-order chi connectivity index (χ1) is 10.8. The summed E-state index contributed by atoms with van der Waals surface area (Å²) in [6.45, 7) is 3.65. The SMILES string of the molecule is Cc1ccccc1[C@@H](C)NC(=O)CN(C)S(=O)(=O)c1cccs1. The number of carbonyl (C=O) groups is 1. The second-order valence-corrected chi connectivity index (χ2v) is 8.56. The van der Waals surface area contributed by atoms with Crippen LogP contribution in [-0.4, -0.2) is 32.2 Å². The molecule has 0 saturated heterocycles. The lowest BCUT2D eigenvalue weighted by Gasteiger charge is -2.19. The van der Waals surface area contributed by atoms with Crippen LogP contribution in [0.25, 0.3) is 0 Å². The van der Waals surface area contributed by atoms with Crippen molar-refractivity contribution in [2.75, 3.05) is 13.6 Å². The Labute approximate surface area is 141 Å². The van der Waals surface area contributed by atoms with E-state index in [4.69, 9.17) is 0 Å². The van der Waals surface area contributed by atoms with Crippen molar-refractivity contribution in [1.29, 1.82) is 0 Å². The Kier molecular flexibility index (Phi) is 5.56. The van der Waals surface area contributed by atoms with Gasteiger partial charge in [-0.05, 0) is 36.4 Å². The zero-order chi connectivity index (χ0) is 17.0. The number of hydrogen-bond acceptors (Lipinski definition) is 4. The predicted molar refractivity (Wildman–Crippen MR) is 91.9 cm³/mol. The molecule has 7 heteroatoms. The van der Waals surface area contributed by atoms with E-state index in [2.05, 4.69) is 5.32 Å². The van der Waals surface area contributed by atoms with Gasteiger partial charge in [-0.15, -0.1) is 11.3 Å². The second-order valence-electron chi connectivity index (χ2n) is 5.34. The van der Waals surface area contributed by atoms with Gasteiger partial charge < -0.3 is 5.32 Å². The Hall–Kier alpha value is -1.70. The Balaban J connectivity index is 2.01. The molecule has 2 aromatic rings. The highest BCUT2D eigenvalue weighted by atomic mass is 32.2. The molecule has 124 valence electrons. The van der Waals surface area contributed by atoms with Crippen LogP contribution in [0.5, 0.6) is 0 Å². The van der Waals surface area contributed by atoms with Gasteiger partial charge in [0.25, 0.3) is 10.0 Å². The van der Waals surface area contributed by atoms with Gasteiger partial charge in [-0.2, -0.15) is 4.31 Å². The van der Waals surface area contributed by atoms with Crippen LogP contribution >= 0.6 is 11.3 Å². The van der Waals surface area contributed by atoms with Gasteiger partial charge in [-0.1, -0.05) is 30.3 Å². The molecule has 0 spiro atoms. The minimum atomic E-state index is -3.61. The van der Waals surface area contributed by atoms with E-state index in [1.54, 1.807) is 11.4 Å². The molecule has 1 atom stereocenters. The van der Waals surface area contributed by atoms with E-state index in [1.807, 2.05) is 38.1 Å². The molecule has 1 amide bonds. The molecule has 0 unspecified atom stereocenters. The maximum Gasteiger partial charge on any atom is 0.252 e. The summed E-state index contributed by atoms with van der Waals surface area (Å²) in [4.78, 5) is 12.2. The number of rotatable bonds is 6. The fourth-order valence-electron chi connectivity index (χ4n) is 2.29. The number of sulfonamides is 1. The second kappa shape index (κ2) is 7.25. The van der Waals surface area contributed by atoms with Crippen molar-refractivity contribution in [3.8, 4) is 0 Å². The van der Waals surface area contributed by atoms with E-state index < -0.39 is 10.0 Å². The van der Waals surface area contributed by atoms with E-state index in [9.17, 15) is 13.2 Å². The molecule has 1 N–H and O–H groups in total. The molecule has 0 bridgehead atoms. The number of thiophene rings is 1. The maximum absolute atomic E-state index is 12.3. The number of amides is 1. The molecule has 5 nitrogen and oxygen atoms in total. The van der Waals surface area contributed by atoms with Crippen LogP contribution in [0.1, 0.15) is 24.1 Å². The summed E-state index contributed by atoms with van der Waals surface area (Å²) in [6.07, 6.45) is 0. The van der Waals surface area contributed by atoms with Crippen LogP contribution in [0.2, 0.25) is 0 Å². The fourth-order valence-corrected chi connectivity index (χ4v) is 4.62. The molecular weight excluding hydrogens is 332 g/mol. The van der Waals surface area contributed by atoms with Crippen LogP contribution in [0.15, 0.2) is 46.0 Å². The van der Waals surface area contributed by atoms with Crippen molar-refractivity contribution < 1.29 is 13.2 Å². The lowest BCUT2D eigenvalue weighted by molar-refractivity contribution is -0.121. The molecule has 0 aliphatic heterocycles. The highest BCUT2D eigenvalue weighted by Gasteiger charge is 2.24. The van der Waals surface area contributed by atoms with E-state index >= 15 is 0 Å². The molecule has 1 heterocycles. The Morgan fingerprint density at radius 3 is 2.57 bits per heavy atom. The number of hydrogen-bond donors (Lipinski definition) is 1. The summed E-state index contributed by atoms with van der Waals surface area (Å²) in [5.41, 5.74) is 2.10. The van der Waals surface area contributed by atoms with E-state index in [0.717, 1.165) is 26.8 Å². The zero-order valence-electron chi connectivity index (χ0n) is 13.3. The van der Waals surface area contributed by atoms with Crippen LogP contribution in [-0.2, 0) is 14.8 Å². The third-order valence-electron chi connectivity index (χ3n) is 3.56. The summed E-state index contributed by atoms with van der Waals surface area (Å²) in [6, 6.07) is 10.8. The predicted octanol–water partition coefficient (Wildman–Crippen LogP) is 2.55. The molecular formula is C16H20N2O3S2. The Morgan fingerprint density at radius 1 is 1.26 bits per heavy atom. The van der Waals surface area contributed by atoms with Gasteiger partial charge in [0.15, 0.2) is 0 Å². The highest BCUT2D eigenvalue weighted by Crippen LogP contribution is 2.20. The lowest BCUT2D eigenvalue weighted by Crippen LogP contribution is -2.39. The van der Waals surface area contributed by atoms with Crippen molar-refractivity contribution in [3.05, 3.63) is 52.9 Å². The number of likely N-dealkylation sites (N-methyl/N-ethyl adjacent to an activating group) is 1. The third-order valence-corrected chi connectivity index (χ3v) is 6.73. The van der Waals surface area contributed by atoms with Gasteiger partial charge in [0.05, 0.1) is 12.6 Å². The Morgan fingerprint density at radius 2 is 1.96 bits per heavy atom. The summed E-state index contributed by atoms with van der Waals surface area (Å²) in [5.74, 6) is -0.330. The third kappa shape index (κ3) is 4.19. The largest absolute Gasteiger partial charge is 0.348 e. The van der Waals surface area contributed by atoms with Gasteiger partial charge in [0, 0.05) is 7.05 Å². The molecule has 0 aliphatic carbocycles. The molecule has 1 aromatic heterocycles. The van der Waals surface area contributed by atoms with E-state index in [-0.39, 0.29) is 22.7 Å². The van der Waals surface area contributed by atoms with Gasteiger partial charge in [-0.3, -0.25) is 4.79 Å². The van der Waals surface area contributed by atoms with Crippen LogP contribution < -0.4 is 5.32 Å². The highest BCUT2D eigenvalue weighted by molar-refractivity contribution is 7.91. The normalized spacial score (nSPS) is 13.0. The number of carbonyl (C=O) groups excluding carboxylic acids is 1. The summed E-state index contributed by atoms with van der Waals surface area (Å²) >= 11 is 1.14. The molecule has 0 aliphatic rings. The molecule has 1 aromatic carbocycles. The van der Waals surface area contributed by atoms with Crippen molar-refractivity contribution in [3.63, 3.8) is 0 Å². The maximum atomic E-state index is 12.3. The number of benzene rings is 1. The first-order valence-corrected chi connectivity index (χ1v) is 9.49. The van der Waals surface area contributed by atoms with Crippen molar-refractivity contribution in [1.82, 2.24) is 9.62 Å². The van der Waals surface area contributed by atoms with Crippen LogP contribution in [0.4, 0.5) is 0 Å². The van der Waals surface area contributed by atoms with Gasteiger partial charge in [0.1, 0.15) is 4.21 Å². The minimum Gasteiger partial charge on any atom is -0.348 e. The van der Waals surface area contributed by atoms with Crippen LogP contribution in [0.3, 0.4) is 0 Å². The quantitative estimate of drug-likeness (QED) is 0.869. The number of nitrogens with one attached hydrogen (secondary N) is 1. The van der Waals surface area contributed by atoms with Gasteiger partial charge in [-0.25, -0.2) is 8.42 Å². The molecule has 0 saturated carbocycles. The van der Waals surface area contributed by atoms with E-state index in [1.165, 1.54) is 13.1 Å². The molecule has 0 radical (unpaired) electrons. The average molecular weight is 352 g/mol. The standard InChI is InChI=1S/C16H20N2O3S2/c1-12-7-4-5-8-14(12)13(2)17-15(19)11-18(3)23(20,21)16-9-6-10-22-16/h4-10,13H,11H2,1-3H3,(H,17,19)/t13-/m1/s1. The first kappa shape index (κ1) is 17.7. The van der Waals surface area contributed by atoms with Gasteiger partial charge >= 0.3 is 0 Å². The molecule has 2 rings (SSSR count). The first-order valence-electron chi connectivity index (χ1n) is 7.17. The minimum absolute atomic E-state index is 0.179. The van der Waals surface area contributed by atoms with Crippen LogP contribution in [0, 0.1) is 6.92 Å². The monoisotopic (exact) mass is 352 g/mol. The summed E-state index contributed by atoms with van der Waals surface area (Å²) < 4.78 is 25.9. The molecule has 23 heavy (non-hydrogen) atoms. The topological polar surface area (TPSA) is 66.5 Å². The zero-order valence-corrected chi connectivity index (χ0v) is 14.9. The lowest BCUT2D eigenvalue weighted by atomic mass is 10.0. The number of aryl methyl sites for hydroxylation is 1. The number of nitrogens with zero attached hydrogens (tertiary/aromatic N) is 1. The van der Waals surface area contributed by atoms with Gasteiger partial charge in [0.2, 0.25) is 5.91 Å². The van der Waals surface area contributed by atoms with Crippen molar-refractivity contribution in [2.45, 2.75) is 24.1 Å². The summed E-state index contributed by atoms with van der Waals surface area (Å²) in [7, 11) is -2.20. The Bertz CT molecular complexity index is 770. The molecule has 0 fully saturated rings. The summed E-state index contributed by atoms with van der Waals surface area (Å²) in [5, 5.41) is 4.54. The van der Waals surface area contributed by atoms with Crippen molar-refractivity contribution in [2.24, 2.45) is 0 Å². The fraction of sp³-hybridized carbons (Fsp3) is 0.312. The average Bonchev–Trinajstić information content (AvgIpc) is 3.02. The van der Waals surface area contributed by atoms with E-state index in [0.29, 0.717) is 0 Å². The van der Waals surface area contributed by atoms with Crippen molar-refractivity contribution >= 4 is 27.3 Å².